The number of hydrogen-bond acceptors (Lipinski definition) is 3. The van der Waals surface area contributed by atoms with Gasteiger partial charge in [-0.1, -0.05) is 32.0 Å². The molecule has 0 bridgehead atoms. The van der Waals surface area contributed by atoms with Gasteiger partial charge in [0, 0.05) is 36.0 Å². The van der Waals surface area contributed by atoms with E-state index in [2.05, 4.69) is 66.0 Å². The number of hydrogen-bond donors (Lipinski definition) is 2. The summed E-state index contributed by atoms with van der Waals surface area (Å²) in [6.07, 6.45) is 0. The summed E-state index contributed by atoms with van der Waals surface area (Å²) < 4.78 is 5.46. The van der Waals surface area contributed by atoms with Crippen molar-refractivity contribution < 1.29 is 4.74 Å². The van der Waals surface area contributed by atoms with Crippen LogP contribution in [0, 0.1) is 6.92 Å². The molecule has 1 heterocycles. The Morgan fingerprint density at radius 2 is 2.00 bits per heavy atom. The molecule has 0 atom stereocenters. The van der Waals surface area contributed by atoms with Crippen LogP contribution < -0.4 is 15.4 Å². The highest BCUT2D eigenvalue weighted by atomic mass is 127. The van der Waals surface area contributed by atoms with Gasteiger partial charge in [-0.25, -0.2) is 0 Å². The summed E-state index contributed by atoms with van der Waals surface area (Å²) in [4.78, 5) is 5.68. The minimum absolute atomic E-state index is 0. The topological polar surface area (TPSA) is 45.7 Å². The number of guanidine groups is 1. The van der Waals surface area contributed by atoms with Crippen LogP contribution in [-0.2, 0) is 12.0 Å². The van der Waals surface area contributed by atoms with Crippen LogP contribution >= 0.6 is 35.3 Å². The summed E-state index contributed by atoms with van der Waals surface area (Å²) in [6, 6.07) is 10.5. The molecule has 0 aliphatic carbocycles. The molecule has 6 heteroatoms. The van der Waals surface area contributed by atoms with Crippen molar-refractivity contribution in [3.05, 3.63) is 51.7 Å². The lowest BCUT2D eigenvalue weighted by Gasteiger charge is -2.25. The van der Waals surface area contributed by atoms with E-state index in [1.54, 1.807) is 25.5 Å². The largest absolute Gasteiger partial charge is 0.496 e. The summed E-state index contributed by atoms with van der Waals surface area (Å²) in [5.41, 5.74) is 2.37. The number of benzene rings is 1. The van der Waals surface area contributed by atoms with Crippen LogP contribution in [0.2, 0.25) is 0 Å². The van der Waals surface area contributed by atoms with Crippen molar-refractivity contribution in [2.75, 3.05) is 20.7 Å². The summed E-state index contributed by atoms with van der Waals surface area (Å²) in [5.74, 6) is 1.69. The van der Waals surface area contributed by atoms with Gasteiger partial charge in [0.25, 0.3) is 0 Å². The molecular formula is C19H28IN3OS. The highest BCUT2D eigenvalue weighted by molar-refractivity contribution is 14.0. The van der Waals surface area contributed by atoms with E-state index in [1.807, 2.05) is 6.07 Å². The van der Waals surface area contributed by atoms with Gasteiger partial charge in [-0.15, -0.1) is 35.3 Å². The molecule has 0 amide bonds. The fourth-order valence-corrected chi connectivity index (χ4v) is 3.30. The number of halogens is 1. The van der Waals surface area contributed by atoms with E-state index in [-0.39, 0.29) is 29.4 Å². The van der Waals surface area contributed by atoms with Crippen molar-refractivity contribution in [1.82, 2.24) is 10.6 Å². The second kappa shape index (κ2) is 10.0. The number of nitrogens with zero attached hydrogens (tertiary/aromatic N) is 1. The lowest BCUT2D eigenvalue weighted by atomic mass is 9.91. The van der Waals surface area contributed by atoms with Crippen molar-refractivity contribution in [1.29, 1.82) is 0 Å². The van der Waals surface area contributed by atoms with Gasteiger partial charge in [0.1, 0.15) is 5.75 Å². The molecule has 0 saturated carbocycles. The van der Waals surface area contributed by atoms with Gasteiger partial charge in [0.05, 0.1) is 7.11 Å². The Balaban J connectivity index is 0.00000312. The Kier molecular flexibility index (Phi) is 8.71. The molecule has 2 rings (SSSR count). The first-order valence-electron chi connectivity index (χ1n) is 8.08. The number of nitrogens with one attached hydrogen (secondary N) is 2. The van der Waals surface area contributed by atoms with E-state index >= 15 is 0 Å². The van der Waals surface area contributed by atoms with Crippen molar-refractivity contribution in [3.63, 3.8) is 0 Å². The van der Waals surface area contributed by atoms with E-state index < -0.39 is 0 Å². The summed E-state index contributed by atoms with van der Waals surface area (Å²) in [5, 5.41) is 8.90. The van der Waals surface area contributed by atoms with E-state index in [1.165, 1.54) is 10.4 Å². The first kappa shape index (κ1) is 21.8. The molecule has 0 radical (unpaired) electrons. The van der Waals surface area contributed by atoms with Crippen LogP contribution in [-0.4, -0.2) is 26.7 Å². The highest BCUT2D eigenvalue weighted by Gasteiger charge is 2.21. The third kappa shape index (κ3) is 6.18. The number of thiophene rings is 1. The molecule has 1 aromatic heterocycles. The predicted molar refractivity (Wildman–Crippen MR) is 119 cm³/mol. The fourth-order valence-electron chi connectivity index (χ4n) is 2.45. The third-order valence-electron chi connectivity index (χ3n) is 4.00. The number of aliphatic imine (C=N–C) groups is 1. The van der Waals surface area contributed by atoms with E-state index in [9.17, 15) is 0 Å². The van der Waals surface area contributed by atoms with Gasteiger partial charge < -0.3 is 15.4 Å². The molecule has 2 aromatic rings. The minimum Gasteiger partial charge on any atom is -0.496 e. The van der Waals surface area contributed by atoms with Gasteiger partial charge in [0.15, 0.2) is 5.96 Å². The summed E-state index contributed by atoms with van der Waals surface area (Å²) >= 11 is 1.79. The van der Waals surface area contributed by atoms with Gasteiger partial charge in [-0.2, -0.15) is 0 Å². The average molecular weight is 473 g/mol. The van der Waals surface area contributed by atoms with Crippen LogP contribution in [0.3, 0.4) is 0 Å². The van der Waals surface area contributed by atoms with Crippen molar-refractivity contribution >= 4 is 41.3 Å². The highest BCUT2D eigenvalue weighted by Crippen LogP contribution is 2.26. The van der Waals surface area contributed by atoms with Gasteiger partial charge in [0.2, 0.25) is 0 Å². The Bertz CT molecular complexity index is 684. The molecule has 138 valence electrons. The molecule has 1 aromatic carbocycles. The van der Waals surface area contributed by atoms with Gasteiger partial charge in [-0.3, -0.25) is 4.99 Å². The second-order valence-corrected chi connectivity index (χ2v) is 7.40. The van der Waals surface area contributed by atoms with E-state index in [4.69, 9.17) is 4.74 Å². The minimum atomic E-state index is 0. The average Bonchev–Trinajstić information content (AvgIpc) is 3.11. The molecule has 0 aliphatic rings. The molecule has 0 unspecified atom stereocenters. The Morgan fingerprint density at radius 1 is 1.24 bits per heavy atom. The molecule has 0 saturated heterocycles. The quantitative estimate of drug-likeness (QED) is 0.373. The number of rotatable bonds is 6. The molecule has 0 aliphatic heterocycles. The Morgan fingerprint density at radius 3 is 2.60 bits per heavy atom. The Labute approximate surface area is 172 Å². The smallest absolute Gasteiger partial charge is 0.191 e. The summed E-state index contributed by atoms with van der Waals surface area (Å²) in [7, 11) is 3.49. The lowest BCUT2D eigenvalue weighted by molar-refractivity contribution is 0.408. The zero-order chi connectivity index (χ0) is 17.6. The second-order valence-electron chi connectivity index (χ2n) is 6.46. The van der Waals surface area contributed by atoms with Crippen molar-refractivity contribution in [3.8, 4) is 5.75 Å². The van der Waals surface area contributed by atoms with Crippen LogP contribution in [0.15, 0.2) is 40.7 Å². The van der Waals surface area contributed by atoms with E-state index in [0.29, 0.717) is 6.54 Å². The van der Waals surface area contributed by atoms with Crippen LogP contribution in [0.4, 0.5) is 0 Å². The van der Waals surface area contributed by atoms with Crippen LogP contribution in [0.1, 0.15) is 29.9 Å². The SMILES string of the molecule is CN=C(NCc1ccc(C)cc1OC)NCC(C)(C)c1cccs1.I. The normalized spacial score (nSPS) is 11.6. The standard InChI is InChI=1S/C19H27N3OS.HI/c1-14-8-9-15(16(11-14)23-5)12-21-18(20-4)22-13-19(2,3)17-7-6-10-24-17;/h6-11H,12-13H2,1-5H3,(H2,20,21,22);1H. The molecule has 2 N–H and O–H groups in total. The maximum atomic E-state index is 5.46. The monoisotopic (exact) mass is 473 g/mol. The van der Waals surface area contributed by atoms with Gasteiger partial charge >= 0.3 is 0 Å². The Hall–Kier alpha value is -1.28. The van der Waals surface area contributed by atoms with Crippen molar-refractivity contribution in [2.45, 2.75) is 32.7 Å². The predicted octanol–water partition coefficient (Wildman–Crippen LogP) is 4.33. The van der Waals surface area contributed by atoms with Gasteiger partial charge in [-0.05, 0) is 30.0 Å². The van der Waals surface area contributed by atoms with Crippen LogP contribution in [0.25, 0.3) is 0 Å². The number of aryl methyl sites for hydroxylation is 1. The molecule has 0 spiro atoms. The fraction of sp³-hybridized carbons (Fsp3) is 0.421. The molecule has 25 heavy (non-hydrogen) atoms. The zero-order valence-electron chi connectivity index (χ0n) is 15.6. The number of methoxy groups -OCH3 is 1. The van der Waals surface area contributed by atoms with E-state index in [0.717, 1.165) is 23.8 Å². The molecule has 4 nitrogen and oxygen atoms in total. The zero-order valence-corrected chi connectivity index (χ0v) is 18.7. The lowest BCUT2D eigenvalue weighted by Crippen LogP contribution is -2.43. The molecule has 0 fully saturated rings. The van der Waals surface area contributed by atoms with Crippen molar-refractivity contribution in [2.24, 2.45) is 4.99 Å². The number of ether oxygens (including phenoxy) is 1. The third-order valence-corrected chi connectivity index (χ3v) is 5.23. The first-order valence-corrected chi connectivity index (χ1v) is 8.96. The molecular weight excluding hydrogens is 445 g/mol. The maximum absolute atomic E-state index is 5.46. The maximum Gasteiger partial charge on any atom is 0.191 e. The summed E-state index contributed by atoms with van der Waals surface area (Å²) in [6.45, 7) is 8.03. The first-order chi connectivity index (χ1) is 11.5. The van der Waals surface area contributed by atoms with Crippen LogP contribution in [0.5, 0.6) is 5.75 Å².